The molecule has 1 heterocycles. The Balaban J connectivity index is 1.37. The van der Waals surface area contributed by atoms with E-state index in [-0.39, 0.29) is 23.3 Å². The second kappa shape index (κ2) is 7.30. The second-order valence-electron chi connectivity index (χ2n) is 9.55. The lowest BCUT2D eigenvalue weighted by Gasteiger charge is -2.59. The van der Waals surface area contributed by atoms with Gasteiger partial charge in [0.1, 0.15) is 0 Å². The first kappa shape index (κ1) is 19.6. The molecule has 6 nitrogen and oxygen atoms in total. The zero-order valence-corrected chi connectivity index (χ0v) is 17.5. The van der Waals surface area contributed by atoms with Gasteiger partial charge in [-0.1, -0.05) is 0 Å². The van der Waals surface area contributed by atoms with Crippen molar-refractivity contribution >= 4 is 16.2 Å². The summed E-state index contributed by atoms with van der Waals surface area (Å²) >= 11 is 0. The van der Waals surface area contributed by atoms with Gasteiger partial charge in [0.25, 0.3) is 10.2 Å². The first-order valence-corrected chi connectivity index (χ1v) is 12.2. The predicted molar refractivity (Wildman–Crippen MR) is 103 cm³/mol. The summed E-state index contributed by atoms with van der Waals surface area (Å²) in [5.41, 5.74) is 0.158. The molecule has 1 saturated heterocycles. The number of ether oxygens (including phenoxy) is 1. The Kier molecular flexibility index (Phi) is 5.31. The van der Waals surface area contributed by atoms with E-state index in [9.17, 15) is 13.2 Å². The number of esters is 1. The summed E-state index contributed by atoms with van der Waals surface area (Å²) in [6.07, 6.45) is 8.74. The maximum absolute atomic E-state index is 13.0. The molecule has 0 aromatic carbocycles. The molecule has 0 amide bonds. The van der Waals surface area contributed by atoms with Crippen molar-refractivity contribution in [2.75, 3.05) is 19.7 Å². The molecule has 154 valence electrons. The maximum atomic E-state index is 13.0. The molecule has 4 bridgehead atoms. The normalized spacial score (nSPS) is 38.1. The third-order valence-electron chi connectivity index (χ3n) is 7.74. The Bertz CT molecular complexity index is 634. The van der Waals surface area contributed by atoms with E-state index in [4.69, 9.17) is 4.74 Å². The van der Waals surface area contributed by atoms with Gasteiger partial charge in [0.2, 0.25) is 0 Å². The average molecular weight is 399 g/mol. The first-order valence-electron chi connectivity index (χ1n) is 10.8. The Hall–Kier alpha value is -0.660. The third kappa shape index (κ3) is 3.79. The fourth-order valence-corrected chi connectivity index (χ4v) is 8.26. The topological polar surface area (TPSA) is 75.7 Å². The van der Waals surface area contributed by atoms with Gasteiger partial charge in [0, 0.05) is 19.1 Å². The van der Waals surface area contributed by atoms with Crippen LogP contribution in [0.3, 0.4) is 0 Å². The van der Waals surface area contributed by atoms with Crippen LogP contribution in [0, 0.1) is 29.1 Å². The SMILES string of the molecule is CCOC(=O)C1CCN(S(=O)(=O)NC(C)C23CC4CC(CC(C4)C2)C3)CC1. The van der Waals surface area contributed by atoms with Gasteiger partial charge in [0.15, 0.2) is 0 Å². The van der Waals surface area contributed by atoms with Crippen molar-refractivity contribution in [1.82, 2.24) is 9.03 Å². The summed E-state index contributed by atoms with van der Waals surface area (Å²) < 4.78 is 35.6. The predicted octanol–water partition coefficient (Wildman–Crippen LogP) is 2.70. The molecular formula is C20H34N2O4S. The van der Waals surface area contributed by atoms with Crippen LogP contribution in [-0.2, 0) is 19.7 Å². The number of piperidine rings is 1. The lowest BCUT2D eigenvalue weighted by molar-refractivity contribution is -0.149. The summed E-state index contributed by atoms with van der Waals surface area (Å²) in [6, 6.07) is -0.0151. The van der Waals surface area contributed by atoms with E-state index < -0.39 is 10.2 Å². The molecule has 0 aromatic heterocycles. The van der Waals surface area contributed by atoms with Crippen LogP contribution in [0.1, 0.15) is 65.2 Å². The van der Waals surface area contributed by atoms with E-state index in [1.165, 1.54) is 42.8 Å². The van der Waals surface area contributed by atoms with Crippen LogP contribution in [0.15, 0.2) is 0 Å². The number of carbonyl (C=O) groups is 1. The van der Waals surface area contributed by atoms with Crippen LogP contribution in [0.4, 0.5) is 0 Å². The zero-order valence-electron chi connectivity index (χ0n) is 16.7. The van der Waals surface area contributed by atoms with Crippen molar-refractivity contribution in [3.63, 3.8) is 0 Å². The lowest BCUT2D eigenvalue weighted by Crippen LogP contribution is -2.58. The zero-order chi connectivity index (χ0) is 19.2. The molecule has 1 N–H and O–H groups in total. The van der Waals surface area contributed by atoms with Crippen LogP contribution in [0.2, 0.25) is 0 Å². The van der Waals surface area contributed by atoms with E-state index in [1.54, 1.807) is 6.92 Å². The van der Waals surface area contributed by atoms with E-state index in [0.29, 0.717) is 32.5 Å². The molecule has 1 atom stereocenters. The molecule has 5 aliphatic rings. The summed E-state index contributed by atoms with van der Waals surface area (Å²) in [4.78, 5) is 11.9. The highest BCUT2D eigenvalue weighted by Gasteiger charge is 2.53. The van der Waals surface area contributed by atoms with E-state index in [2.05, 4.69) is 11.6 Å². The summed E-state index contributed by atoms with van der Waals surface area (Å²) in [5, 5.41) is 0. The summed E-state index contributed by atoms with van der Waals surface area (Å²) in [6.45, 7) is 5.05. The quantitative estimate of drug-likeness (QED) is 0.698. The van der Waals surface area contributed by atoms with E-state index in [1.807, 2.05) is 0 Å². The summed E-state index contributed by atoms with van der Waals surface area (Å²) in [5.74, 6) is 2.07. The number of hydrogen-bond donors (Lipinski definition) is 1. The molecule has 7 heteroatoms. The molecule has 1 unspecified atom stereocenters. The lowest BCUT2D eigenvalue weighted by atomic mass is 9.48. The van der Waals surface area contributed by atoms with Crippen molar-refractivity contribution in [3.05, 3.63) is 0 Å². The Morgan fingerprint density at radius 1 is 1.11 bits per heavy atom. The Morgan fingerprint density at radius 3 is 2.11 bits per heavy atom. The van der Waals surface area contributed by atoms with Gasteiger partial charge in [0.05, 0.1) is 12.5 Å². The van der Waals surface area contributed by atoms with Crippen molar-refractivity contribution in [2.45, 2.75) is 71.3 Å². The minimum absolute atomic E-state index is 0.0151. The molecule has 1 aliphatic heterocycles. The monoisotopic (exact) mass is 398 g/mol. The molecule has 0 radical (unpaired) electrons. The maximum Gasteiger partial charge on any atom is 0.309 e. The minimum Gasteiger partial charge on any atom is -0.466 e. The number of nitrogens with zero attached hydrogens (tertiary/aromatic N) is 1. The van der Waals surface area contributed by atoms with Crippen molar-refractivity contribution in [3.8, 4) is 0 Å². The number of rotatable bonds is 6. The van der Waals surface area contributed by atoms with E-state index in [0.717, 1.165) is 17.8 Å². The average Bonchev–Trinajstić information content (AvgIpc) is 2.60. The molecule has 5 fully saturated rings. The van der Waals surface area contributed by atoms with E-state index >= 15 is 0 Å². The van der Waals surface area contributed by atoms with Crippen LogP contribution in [0.25, 0.3) is 0 Å². The fourth-order valence-electron chi connectivity index (χ4n) is 6.72. The number of nitrogens with one attached hydrogen (secondary N) is 1. The molecule has 0 spiro atoms. The van der Waals surface area contributed by atoms with Crippen molar-refractivity contribution in [2.24, 2.45) is 29.1 Å². The van der Waals surface area contributed by atoms with Gasteiger partial charge in [-0.05, 0) is 88.4 Å². The molecule has 27 heavy (non-hydrogen) atoms. The first-order chi connectivity index (χ1) is 12.8. The van der Waals surface area contributed by atoms with Gasteiger partial charge < -0.3 is 4.74 Å². The van der Waals surface area contributed by atoms with Crippen LogP contribution in [0.5, 0.6) is 0 Å². The van der Waals surface area contributed by atoms with Crippen molar-refractivity contribution in [1.29, 1.82) is 0 Å². The highest BCUT2D eigenvalue weighted by Crippen LogP contribution is 2.61. The Morgan fingerprint density at radius 2 is 1.63 bits per heavy atom. The third-order valence-corrected chi connectivity index (χ3v) is 9.44. The molecule has 5 rings (SSSR count). The van der Waals surface area contributed by atoms with Crippen LogP contribution < -0.4 is 4.72 Å². The molecule has 4 aliphatic carbocycles. The largest absolute Gasteiger partial charge is 0.466 e. The molecule has 0 aromatic rings. The van der Waals surface area contributed by atoms with Gasteiger partial charge in [-0.3, -0.25) is 4.79 Å². The van der Waals surface area contributed by atoms with Gasteiger partial charge in [-0.25, -0.2) is 0 Å². The number of carbonyl (C=O) groups excluding carboxylic acids is 1. The van der Waals surface area contributed by atoms with Crippen molar-refractivity contribution < 1.29 is 17.9 Å². The second-order valence-corrected chi connectivity index (χ2v) is 11.3. The highest BCUT2D eigenvalue weighted by atomic mass is 32.2. The smallest absolute Gasteiger partial charge is 0.309 e. The van der Waals surface area contributed by atoms with Gasteiger partial charge in [-0.2, -0.15) is 17.4 Å². The number of hydrogen-bond acceptors (Lipinski definition) is 4. The van der Waals surface area contributed by atoms with Gasteiger partial charge >= 0.3 is 5.97 Å². The van der Waals surface area contributed by atoms with Gasteiger partial charge in [-0.15, -0.1) is 0 Å². The minimum atomic E-state index is -3.51. The van der Waals surface area contributed by atoms with Crippen LogP contribution >= 0.6 is 0 Å². The summed E-state index contributed by atoms with van der Waals surface area (Å²) in [7, 11) is -3.51. The fraction of sp³-hybridized carbons (Fsp3) is 0.950. The Labute approximate surface area is 163 Å². The molecular weight excluding hydrogens is 364 g/mol. The van der Waals surface area contributed by atoms with Crippen LogP contribution in [-0.4, -0.2) is 44.4 Å². The molecule has 4 saturated carbocycles. The highest BCUT2D eigenvalue weighted by molar-refractivity contribution is 7.87. The standard InChI is InChI=1S/C20H34N2O4S/c1-3-26-19(23)18-4-6-22(7-5-18)27(24,25)21-14(2)20-11-15-8-16(12-20)10-17(9-15)13-20/h14-18,21H,3-13H2,1-2H3.